The fraction of sp³-hybridized carbons (Fsp3) is 0.391. The summed E-state index contributed by atoms with van der Waals surface area (Å²) in [5.41, 5.74) is 1.30. The molecule has 4 rings (SSSR count). The molecule has 1 amide bonds. The third-order valence-electron chi connectivity index (χ3n) is 6.38. The molecule has 4 nitrogen and oxygen atoms in total. The Morgan fingerprint density at radius 1 is 1.13 bits per heavy atom. The molecule has 0 radical (unpaired) electrons. The van der Waals surface area contributed by atoms with Crippen molar-refractivity contribution in [1.29, 1.82) is 0 Å². The molecule has 1 unspecified atom stereocenters. The molecule has 2 aliphatic rings. The third kappa shape index (κ3) is 4.08. The van der Waals surface area contributed by atoms with Gasteiger partial charge < -0.3 is 10.0 Å². The lowest BCUT2D eigenvalue weighted by Gasteiger charge is -2.33. The standard InChI is InChI=1S/C23H21ClF3NO3/c24-19-4-1-14(9-18(19)23(25,26)27)12-28-8-7-22(21(28)31)6-5-15-2-3-16(20(30)13-29)10-17(15)11-22/h1-4,9-10,29H,5-8,11-13H2. The Labute approximate surface area is 182 Å². The number of ketones is 1. The number of hydrogen-bond donors (Lipinski definition) is 1. The molecule has 1 aliphatic carbocycles. The lowest BCUT2D eigenvalue weighted by atomic mass is 9.70. The van der Waals surface area contributed by atoms with E-state index in [9.17, 15) is 22.8 Å². The van der Waals surface area contributed by atoms with E-state index >= 15 is 0 Å². The number of likely N-dealkylation sites (tertiary alicyclic amines) is 1. The Morgan fingerprint density at radius 3 is 2.61 bits per heavy atom. The van der Waals surface area contributed by atoms with Crippen molar-refractivity contribution in [2.45, 2.75) is 38.4 Å². The average Bonchev–Trinajstić information content (AvgIpc) is 3.02. The van der Waals surface area contributed by atoms with Gasteiger partial charge in [-0.3, -0.25) is 9.59 Å². The van der Waals surface area contributed by atoms with E-state index in [0.717, 1.165) is 17.2 Å². The Morgan fingerprint density at radius 2 is 1.90 bits per heavy atom. The monoisotopic (exact) mass is 451 g/mol. The summed E-state index contributed by atoms with van der Waals surface area (Å²) in [5, 5.41) is 8.75. The van der Waals surface area contributed by atoms with Gasteiger partial charge in [0.2, 0.25) is 5.91 Å². The second-order valence-electron chi connectivity index (χ2n) is 8.31. The number of aliphatic hydroxyl groups is 1. The van der Waals surface area contributed by atoms with Gasteiger partial charge in [-0.15, -0.1) is 0 Å². The van der Waals surface area contributed by atoms with E-state index < -0.39 is 23.8 Å². The highest BCUT2D eigenvalue weighted by molar-refractivity contribution is 6.31. The van der Waals surface area contributed by atoms with Gasteiger partial charge in [0.1, 0.15) is 6.61 Å². The SMILES string of the molecule is O=C(CO)c1ccc2c(c1)CC1(CC2)CCN(Cc2ccc(Cl)c(C(F)(F)F)c2)C1=O. The molecule has 1 atom stereocenters. The zero-order valence-corrected chi connectivity index (χ0v) is 17.4. The van der Waals surface area contributed by atoms with E-state index in [2.05, 4.69) is 0 Å². The van der Waals surface area contributed by atoms with Gasteiger partial charge in [0.25, 0.3) is 0 Å². The number of aliphatic hydroxyl groups excluding tert-OH is 1. The molecule has 1 fully saturated rings. The fourth-order valence-electron chi connectivity index (χ4n) is 4.67. The smallest absolute Gasteiger partial charge is 0.388 e. The zero-order valence-electron chi connectivity index (χ0n) is 16.6. The number of alkyl halides is 3. The molecule has 2 aromatic rings. The zero-order chi connectivity index (χ0) is 22.4. The number of carbonyl (C=O) groups is 2. The Kier molecular flexibility index (Phi) is 5.60. The summed E-state index contributed by atoms with van der Waals surface area (Å²) in [6.07, 6.45) is -2.10. The first-order valence-electron chi connectivity index (χ1n) is 10.0. The van der Waals surface area contributed by atoms with E-state index in [0.29, 0.717) is 43.4 Å². The molecule has 0 aromatic heterocycles. The highest BCUT2D eigenvalue weighted by Gasteiger charge is 2.48. The number of rotatable bonds is 4. The molecule has 1 saturated heterocycles. The maximum Gasteiger partial charge on any atom is 0.417 e. The minimum atomic E-state index is -4.56. The molecule has 8 heteroatoms. The number of fused-ring (bicyclic) bond motifs is 1. The van der Waals surface area contributed by atoms with Crippen molar-refractivity contribution in [3.63, 3.8) is 0 Å². The van der Waals surface area contributed by atoms with Crippen LogP contribution in [0.3, 0.4) is 0 Å². The molecule has 164 valence electrons. The van der Waals surface area contributed by atoms with Crippen molar-refractivity contribution in [1.82, 2.24) is 4.90 Å². The van der Waals surface area contributed by atoms with E-state index in [1.54, 1.807) is 17.0 Å². The van der Waals surface area contributed by atoms with Gasteiger partial charge in [-0.1, -0.05) is 29.8 Å². The van der Waals surface area contributed by atoms with Crippen LogP contribution < -0.4 is 0 Å². The topological polar surface area (TPSA) is 57.6 Å². The molecule has 0 bridgehead atoms. The summed E-state index contributed by atoms with van der Waals surface area (Å²) in [4.78, 5) is 26.7. The number of amides is 1. The Hall–Kier alpha value is -2.38. The first-order chi connectivity index (χ1) is 14.6. The summed E-state index contributed by atoms with van der Waals surface area (Å²) < 4.78 is 39.5. The van der Waals surface area contributed by atoms with Gasteiger partial charge in [-0.2, -0.15) is 13.2 Å². The molecule has 1 aliphatic heterocycles. The van der Waals surface area contributed by atoms with Gasteiger partial charge in [-0.05, 0) is 60.6 Å². The van der Waals surface area contributed by atoms with Gasteiger partial charge in [0.05, 0.1) is 16.0 Å². The van der Waals surface area contributed by atoms with Crippen LogP contribution >= 0.6 is 11.6 Å². The Bertz CT molecular complexity index is 1050. The Balaban J connectivity index is 1.54. The minimum Gasteiger partial charge on any atom is -0.388 e. The first kappa shape index (κ1) is 21.8. The van der Waals surface area contributed by atoms with Crippen molar-refractivity contribution in [2.75, 3.05) is 13.2 Å². The lowest BCUT2D eigenvalue weighted by molar-refractivity contribution is -0.137. The number of aryl methyl sites for hydroxylation is 1. The quantitative estimate of drug-likeness (QED) is 0.699. The van der Waals surface area contributed by atoms with Crippen LogP contribution in [0.15, 0.2) is 36.4 Å². The predicted octanol–water partition coefficient (Wildman–Crippen LogP) is 4.44. The van der Waals surface area contributed by atoms with Gasteiger partial charge in [0, 0.05) is 18.7 Å². The number of hydrogen-bond acceptors (Lipinski definition) is 3. The highest BCUT2D eigenvalue weighted by atomic mass is 35.5. The van der Waals surface area contributed by atoms with Gasteiger partial charge in [-0.25, -0.2) is 0 Å². The van der Waals surface area contributed by atoms with Crippen LogP contribution in [-0.2, 0) is 30.4 Å². The van der Waals surface area contributed by atoms with Crippen molar-refractivity contribution in [2.24, 2.45) is 5.41 Å². The van der Waals surface area contributed by atoms with E-state index in [1.165, 1.54) is 12.1 Å². The van der Waals surface area contributed by atoms with Crippen molar-refractivity contribution < 1.29 is 27.9 Å². The first-order valence-corrected chi connectivity index (χ1v) is 10.4. The van der Waals surface area contributed by atoms with Gasteiger partial charge in [0.15, 0.2) is 5.78 Å². The highest BCUT2D eigenvalue weighted by Crippen LogP contribution is 2.44. The molecular formula is C23H21ClF3NO3. The molecule has 1 spiro atoms. The number of carbonyl (C=O) groups excluding carboxylic acids is 2. The van der Waals surface area contributed by atoms with Crippen LogP contribution in [0, 0.1) is 5.41 Å². The fourth-order valence-corrected chi connectivity index (χ4v) is 4.90. The third-order valence-corrected chi connectivity index (χ3v) is 6.71. The summed E-state index contributed by atoms with van der Waals surface area (Å²) in [6.45, 7) is -0.0121. The molecular weight excluding hydrogens is 431 g/mol. The summed E-state index contributed by atoms with van der Waals surface area (Å²) in [6, 6.07) is 9.04. The van der Waals surface area contributed by atoms with E-state index in [-0.39, 0.29) is 23.3 Å². The molecule has 1 heterocycles. The minimum absolute atomic E-state index is 0.0689. The summed E-state index contributed by atoms with van der Waals surface area (Å²) in [5.74, 6) is -0.439. The molecule has 0 saturated carbocycles. The van der Waals surface area contributed by atoms with Crippen molar-refractivity contribution in [3.8, 4) is 0 Å². The van der Waals surface area contributed by atoms with Crippen LogP contribution in [0.1, 0.15) is 45.5 Å². The normalized spacial score (nSPS) is 20.9. The van der Waals surface area contributed by atoms with Crippen molar-refractivity contribution in [3.05, 3.63) is 69.2 Å². The van der Waals surface area contributed by atoms with Crippen LogP contribution in [0.25, 0.3) is 0 Å². The van der Waals surface area contributed by atoms with Crippen LogP contribution in [0.4, 0.5) is 13.2 Å². The lowest BCUT2D eigenvalue weighted by Crippen LogP contribution is -2.38. The largest absolute Gasteiger partial charge is 0.417 e. The molecule has 2 aromatic carbocycles. The van der Waals surface area contributed by atoms with E-state index in [1.807, 2.05) is 6.07 Å². The number of benzene rings is 2. The van der Waals surface area contributed by atoms with Crippen LogP contribution in [-0.4, -0.2) is 34.8 Å². The van der Waals surface area contributed by atoms with Crippen LogP contribution in [0.2, 0.25) is 5.02 Å². The number of halogens is 4. The molecule has 1 N–H and O–H groups in total. The second kappa shape index (κ2) is 7.95. The van der Waals surface area contributed by atoms with Crippen molar-refractivity contribution >= 4 is 23.3 Å². The number of Topliss-reactive ketones (excluding diaryl/α,β-unsaturated/α-hetero) is 1. The maximum absolute atomic E-state index is 13.3. The predicted molar refractivity (Wildman–Crippen MR) is 109 cm³/mol. The molecule has 31 heavy (non-hydrogen) atoms. The maximum atomic E-state index is 13.3. The summed E-state index contributed by atoms with van der Waals surface area (Å²) in [7, 11) is 0. The number of nitrogens with zero attached hydrogens (tertiary/aromatic N) is 1. The summed E-state index contributed by atoms with van der Waals surface area (Å²) >= 11 is 5.70. The second-order valence-corrected chi connectivity index (χ2v) is 8.72. The average molecular weight is 452 g/mol. The van der Waals surface area contributed by atoms with E-state index in [4.69, 9.17) is 16.7 Å². The van der Waals surface area contributed by atoms with Crippen LogP contribution in [0.5, 0.6) is 0 Å². The van der Waals surface area contributed by atoms with Gasteiger partial charge >= 0.3 is 6.18 Å².